The minimum atomic E-state index is -0.372. The Balaban J connectivity index is 1.53. The summed E-state index contributed by atoms with van der Waals surface area (Å²) in [5.74, 6) is -0.609. The summed E-state index contributed by atoms with van der Waals surface area (Å²) in [4.78, 5) is 30.3. The van der Waals surface area contributed by atoms with Gasteiger partial charge in [0.05, 0.1) is 30.7 Å². The Labute approximate surface area is 211 Å². The number of ether oxygens (including phenoxy) is 1. The van der Waals surface area contributed by atoms with Crippen LogP contribution >= 0.6 is 0 Å². The van der Waals surface area contributed by atoms with E-state index >= 15 is 0 Å². The highest BCUT2D eigenvalue weighted by Gasteiger charge is 2.35. The number of amides is 3. The molecule has 0 saturated carbocycles. The Bertz CT molecular complexity index is 1060. The van der Waals surface area contributed by atoms with E-state index < -0.39 is 0 Å². The average molecular weight is 499 g/mol. The van der Waals surface area contributed by atoms with Crippen molar-refractivity contribution in [1.82, 2.24) is 24.7 Å². The molecule has 2 aliphatic rings. The number of rotatable bonds is 9. The number of carbonyl (C=O) groups excluding carboxylic acids is 2. The molecule has 9 nitrogen and oxygen atoms in total. The summed E-state index contributed by atoms with van der Waals surface area (Å²) < 4.78 is 21.0. The maximum Gasteiger partial charge on any atom is 0.317 e. The van der Waals surface area contributed by atoms with Gasteiger partial charge in [0.1, 0.15) is 12.4 Å². The molecule has 36 heavy (non-hydrogen) atoms. The van der Waals surface area contributed by atoms with Crippen LogP contribution in [0.4, 0.5) is 9.18 Å². The number of hydrazone groups is 1. The third-order valence-corrected chi connectivity index (χ3v) is 6.59. The highest BCUT2D eigenvalue weighted by molar-refractivity contribution is 6.02. The predicted molar refractivity (Wildman–Crippen MR) is 135 cm³/mol. The van der Waals surface area contributed by atoms with Crippen LogP contribution in [0.15, 0.2) is 47.7 Å². The number of halogens is 1. The second-order valence-electron chi connectivity index (χ2n) is 9.17. The first-order valence-corrected chi connectivity index (χ1v) is 12.6. The van der Waals surface area contributed by atoms with Gasteiger partial charge < -0.3 is 19.5 Å². The number of hydrogen-bond acceptors (Lipinski definition) is 5. The van der Waals surface area contributed by atoms with Crippen LogP contribution in [-0.4, -0.2) is 89.5 Å². The van der Waals surface area contributed by atoms with Gasteiger partial charge in [0.25, 0.3) is 5.91 Å². The van der Waals surface area contributed by atoms with Crippen molar-refractivity contribution >= 4 is 17.6 Å². The standard InChI is InChI=1S/C26H35FN6O3/c1-3-10-28-26(35)32(13-12-31-14-16-36-17-15-31)19-25(34)33-24(20-6-8-21(27)9-7-20)18-22(29-33)23-5-4-11-30(23)2/h4-9,11,24H,3,10,12-19H2,1-2H3,(H,28,35)/t24-/m0/s1. The summed E-state index contributed by atoms with van der Waals surface area (Å²) in [7, 11) is 1.93. The van der Waals surface area contributed by atoms with Crippen LogP contribution in [0.1, 0.15) is 37.1 Å². The zero-order valence-corrected chi connectivity index (χ0v) is 21.0. The van der Waals surface area contributed by atoms with Gasteiger partial charge in [-0.1, -0.05) is 19.1 Å². The summed E-state index contributed by atoms with van der Waals surface area (Å²) in [5, 5.41) is 9.06. The SMILES string of the molecule is CCCNC(=O)N(CCN1CCOCC1)CC(=O)N1N=C(c2cccn2C)C[C@H]1c1ccc(F)cc1. The van der Waals surface area contributed by atoms with E-state index in [-0.39, 0.29) is 30.3 Å². The minimum absolute atomic E-state index is 0.0957. The first-order valence-electron chi connectivity index (χ1n) is 12.6. The second-order valence-corrected chi connectivity index (χ2v) is 9.17. The zero-order chi connectivity index (χ0) is 25.5. The van der Waals surface area contributed by atoms with Crippen molar-refractivity contribution in [2.24, 2.45) is 12.1 Å². The van der Waals surface area contributed by atoms with Crippen molar-refractivity contribution in [2.75, 3.05) is 52.5 Å². The van der Waals surface area contributed by atoms with Gasteiger partial charge >= 0.3 is 6.03 Å². The minimum Gasteiger partial charge on any atom is -0.379 e. The second kappa shape index (κ2) is 12.1. The normalized spacial score (nSPS) is 18.2. The van der Waals surface area contributed by atoms with Gasteiger partial charge in [0, 0.05) is 52.4 Å². The monoisotopic (exact) mass is 498 g/mol. The third kappa shape index (κ3) is 6.30. The molecule has 194 valence electrons. The number of nitrogens with zero attached hydrogens (tertiary/aromatic N) is 5. The summed E-state index contributed by atoms with van der Waals surface area (Å²) >= 11 is 0. The van der Waals surface area contributed by atoms with E-state index in [2.05, 4.69) is 10.2 Å². The number of aromatic nitrogens is 1. The number of benzene rings is 1. The zero-order valence-electron chi connectivity index (χ0n) is 21.0. The molecule has 0 radical (unpaired) electrons. The van der Waals surface area contributed by atoms with Crippen molar-refractivity contribution in [3.63, 3.8) is 0 Å². The molecule has 2 aromatic rings. The van der Waals surface area contributed by atoms with Gasteiger partial charge in [-0.15, -0.1) is 0 Å². The lowest BCUT2D eigenvalue weighted by Crippen LogP contribution is -2.49. The maximum absolute atomic E-state index is 13.6. The topological polar surface area (TPSA) is 82.4 Å². The summed E-state index contributed by atoms with van der Waals surface area (Å²) in [5.41, 5.74) is 2.50. The molecule has 0 spiro atoms. The highest BCUT2D eigenvalue weighted by Crippen LogP contribution is 2.33. The van der Waals surface area contributed by atoms with Crippen LogP contribution in [0, 0.1) is 5.82 Å². The molecule has 1 atom stereocenters. The fraction of sp³-hybridized carbons (Fsp3) is 0.500. The van der Waals surface area contributed by atoms with Crippen LogP contribution in [0.2, 0.25) is 0 Å². The van der Waals surface area contributed by atoms with Crippen LogP contribution in [0.5, 0.6) is 0 Å². The summed E-state index contributed by atoms with van der Waals surface area (Å²) in [6, 6.07) is 9.42. The Kier molecular flexibility index (Phi) is 8.71. The molecular weight excluding hydrogens is 463 g/mol. The van der Waals surface area contributed by atoms with Gasteiger partial charge in [-0.2, -0.15) is 5.10 Å². The number of urea groups is 1. The first kappa shape index (κ1) is 25.8. The lowest BCUT2D eigenvalue weighted by atomic mass is 10.0. The Morgan fingerprint density at radius 2 is 1.94 bits per heavy atom. The third-order valence-electron chi connectivity index (χ3n) is 6.59. The highest BCUT2D eigenvalue weighted by atomic mass is 19.1. The number of nitrogens with one attached hydrogen (secondary N) is 1. The van der Waals surface area contributed by atoms with Crippen LogP contribution in [0.25, 0.3) is 0 Å². The molecule has 0 bridgehead atoms. The van der Waals surface area contributed by atoms with Crippen LogP contribution in [-0.2, 0) is 16.6 Å². The molecule has 4 rings (SSSR count). The van der Waals surface area contributed by atoms with Crippen molar-refractivity contribution < 1.29 is 18.7 Å². The Hall–Kier alpha value is -3.24. The number of carbonyl (C=O) groups is 2. The van der Waals surface area contributed by atoms with Crippen molar-refractivity contribution in [3.05, 3.63) is 59.7 Å². The van der Waals surface area contributed by atoms with Crippen molar-refractivity contribution in [2.45, 2.75) is 25.8 Å². The van der Waals surface area contributed by atoms with Crippen LogP contribution in [0.3, 0.4) is 0 Å². The van der Waals surface area contributed by atoms with Gasteiger partial charge in [-0.3, -0.25) is 9.69 Å². The molecule has 1 saturated heterocycles. The van der Waals surface area contributed by atoms with E-state index in [4.69, 9.17) is 9.84 Å². The molecule has 3 heterocycles. The fourth-order valence-corrected chi connectivity index (χ4v) is 4.52. The Morgan fingerprint density at radius 3 is 2.61 bits per heavy atom. The number of aryl methyl sites for hydroxylation is 1. The Morgan fingerprint density at radius 1 is 1.19 bits per heavy atom. The molecule has 3 amide bonds. The van der Waals surface area contributed by atoms with Gasteiger partial charge in [-0.05, 0) is 36.2 Å². The van der Waals surface area contributed by atoms with E-state index in [1.54, 1.807) is 17.0 Å². The first-order chi connectivity index (χ1) is 17.5. The number of morpholine rings is 1. The summed E-state index contributed by atoms with van der Waals surface area (Å²) in [6.45, 7) is 6.47. The van der Waals surface area contributed by atoms with E-state index in [1.165, 1.54) is 17.1 Å². The molecule has 1 fully saturated rings. The largest absolute Gasteiger partial charge is 0.379 e. The van der Waals surface area contributed by atoms with Crippen LogP contribution < -0.4 is 5.32 Å². The molecule has 10 heteroatoms. The molecule has 1 aromatic heterocycles. The molecule has 1 N–H and O–H groups in total. The van der Waals surface area contributed by atoms with Gasteiger partial charge in [0.2, 0.25) is 0 Å². The molecule has 1 aromatic carbocycles. The summed E-state index contributed by atoms with van der Waals surface area (Å²) in [6.07, 6.45) is 3.24. The van der Waals surface area contributed by atoms with Gasteiger partial charge in [-0.25, -0.2) is 14.2 Å². The maximum atomic E-state index is 13.6. The quantitative estimate of drug-likeness (QED) is 0.576. The average Bonchev–Trinajstić information content (AvgIpc) is 3.52. The van der Waals surface area contributed by atoms with Gasteiger partial charge in [0.15, 0.2) is 0 Å². The molecular formula is C26H35FN6O3. The molecule has 0 unspecified atom stereocenters. The van der Waals surface area contributed by atoms with E-state index in [9.17, 15) is 14.0 Å². The molecule has 2 aliphatic heterocycles. The lowest BCUT2D eigenvalue weighted by Gasteiger charge is -2.31. The van der Waals surface area contributed by atoms with Crippen molar-refractivity contribution in [1.29, 1.82) is 0 Å². The predicted octanol–water partition coefficient (Wildman–Crippen LogP) is 2.60. The lowest BCUT2D eigenvalue weighted by molar-refractivity contribution is -0.133. The van der Waals surface area contributed by atoms with Crippen molar-refractivity contribution in [3.8, 4) is 0 Å². The van der Waals surface area contributed by atoms with E-state index in [1.807, 2.05) is 36.9 Å². The number of hydrogen-bond donors (Lipinski definition) is 1. The molecule has 0 aliphatic carbocycles. The smallest absolute Gasteiger partial charge is 0.317 e. The van der Waals surface area contributed by atoms with E-state index in [0.29, 0.717) is 39.3 Å². The van der Waals surface area contributed by atoms with E-state index in [0.717, 1.165) is 36.5 Å². The fourth-order valence-electron chi connectivity index (χ4n) is 4.52.